The Bertz CT molecular complexity index is 707. The van der Waals surface area contributed by atoms with Crippen molar-refractivity contribution in [2.45, 2.75) is 32.5 Å². The van der Waals surface area contributed by atoms with Gasteiger partial charge in [-0.15, -0.1) is 11.6 Å². The Hall–Kier alpha value is -1.34. The van der Waals surface area contributed by atoms with Crippen LogP contribution in [0.1, 0.15) is 18.1 Å². The van der Waals surface area contributed by atoms with Crippen molar-refractivity contribution in [3.05, 3.63) is 47.5 Å². The van der Waals surface area contributed by atoms with Gasteiger partial charge >= 0.3 is 0 Å². The molecule has 0 radical (unpaired) electrons. The van der Waals surface area contributed by atoms with Gasteiger partial charge in [0.15, 0.2) is 5.60 Å². The largest absolute Gasteiger partial charge is 0.395 e. The van der Waals surface area contributed by atoms with Crippen LogP contribution in [0.15, 0.2) is 36.4 Å². The van der Waals surface area contributed by atoms with Gasteiger partial charge in [0, 0.05) is 11.1 Å². The van der Waals surface area contributed by atoms with Gasteiger partial charge < -0.3 is 4.43 Å². The molecule has 2 aromatic carbocycles. The quantitative estimate of drug-likeness (QED) is 0.594. The number of nitrogens with zero attached hydrogens (tertiary/aromatic N) is 1. The van der Waals surface area contributed by atoms with E-state index in [0.29, 0.717) is 5.50 Å². The number of hydrogen-bond donors (Lipinski definition) is 0. The molecule has 0 aliphatic heterocycles. The van der Waals surface area contributed by atoms with Crippen molar-refractivity contribution < 1.29 is 4.43 Å². The van der Waals surface area contributed by atoms with Crippen LogP contribution in [0.25, 0.3) is 10.8 Å². The highest BCUT2D eigenvalue weighted by atomic mass is 35.5. The van der Waals surface area contributed by atoms with Gasteiger partial charge in [0.1, 0.15) is 6.07 Å². The fraction of sp³-hybridized carbons (Fsp3) is 0.353. The standard InChI is InChI=1S/C17H20ClNOSi/c1-13-8-9-14-6-5-7-16(15(14)10-13)17(2,11-19)20-21(3,4)12-18/h5-10H,12H2,1-4H3. The van der Waals surface area contributed by atoms with Gasteiger partial charge in [-0.1, -0.05) is 42.0 Å². The molecule has 0 fully saturated rings. The zero-order chi connectivity index (χ0) is 15.7. The lowest BCUT2D eigenvalue weighted by Gasteiger charge is -2.32. The minimum Gasteiger partial charge on any atom is -0.395 e. The molecule has 1 atom stereocenters. The molecule has 2 aromatic rings. The van der Waals surface area contributed by atoms with E-state index in [4.69, 9.17) is 16.0 Å². The first-order chi connectivity index (χ1) is 9.81. The lowest BCUT2D eigenvalue weighted by Crippen LogP contribution is -2.42. The summed E-state index contributed by atoms with van der Waals surface area (Å²) in [5.74, 6) is 0. The Morgan fingerprint density at radius 1 is 1.29 bits per heavy atom. The topological polar surface area (TPSA) is 33.0 Å². The lowest BCUT2D eigenvalue weighted by atomic mass is 9.91. The van der Waals surface area contributed by atoms with Crippen LogP contribution in [0, 0.1) is 18.3 Å². The molecular formula is C17H20ClNOSi. The highest BCUT2D eigenvalue weighted by Gasteiger charge is 2.36. The van der Waals surface area contributed by atoms with E-state index >= 15 is 0 Å². The van der Waals surface area contributed by atoms with Gasteiger partial charge in [0.2, 0.25) is 8.32 Å². The molecule has 0 spiro atoms. The van der Waals surface area contributed by atoms with E-state index in [1.54, 1.807) is 0 Å². The second-order valence-electron chi connectivity index (χ2n) is 6.17. The molecule has 0 saturated carbocycles. The summed E-state index contributed by atoms with van der Waals surface area (Å²) >= 11 is 6.01. The third kappa shape index (κ3) is 3.29. The van der Waals surface area contributed by atoms with Crippen LogP contribution in [0.3, 0.4) is 0 Å². The maximum Gasteiger partial charge on any atom is 0.203 e. The zero-order valence-corrected chi connectivity index (χ0v) is 14.7. The molecule has 0 aromatic heterocycles. The average molecular weight is 318 g/mol. The molecule has 0 bridgehead atoms. The summed E-state index contributed by atoms with van der Waals surface area (Å²) in [7, 11) is -2.07. The van der Waals surface area contributed by atoms with Crippen LogP contribution < -0.4 is 0 Å². The minimum atomic E-state index is -2.07. The summed E-state index contributed by atoms with van der Waals surface area (Å²) in [5, 5.41) is 11.9. The Labute approximate surface area is 132 Å². The number of halogens is 1. The van der Waals surface area contributed by atoms with Crippen molar-refractivity contribution in [3.63, 3.8) is 0 Å². The first-order valence-electron chi connectivity index (χ1n) is 6.98. The van der Waals surface area contributed by atoms with E-state index < -0.39 is 13.9 Å². The number of nitriles is 1. The Balaban J connectivity index is 2.62. The van der Waals surface area contributed by atoms with Crippen LogP contribution in [-0.2, 0) is 10.0 Å². The minimum absolute atomic E-state index is 0.466. The van der Waals surface area contributed by atoms with Crippen LogP contribution in [0.2, 0.25) is 13.1 Å². The first-order valence-corrected chi connectivity index (χ1v) is 10.6. The van der Waals surface area contributed by atoms with Crippen LogP contribution in [-0.4, -0.2) is 13.8 Å². The number of benzene rings is 2. The summed E-state index contributed by atoms with van der Waals surface area (Å²) in [4.78, 5) is 0. The zero-order valence-electron chi connectivity index (χ0n) is 12.9. The van der Waals surface area contributed by atoms with Crippen molar-refractivity contribution in [2.75, 3.05) is 5.50 Å². The molecule has 110 valence electrons. The molecule has 0 N–H and O–H groups in total. The summed E-state index contributed by atoms with van der Waals surface area (Å²) in [6, 6.07) is 14.6. The van der Waals surface area contributed by atoms with Crippen molar-refractivity contribution in [1.82, 2.24) is 0 Å². The summed E-state index contributed by atoms with van der Waals surface area (Å²) in [6.45, 7) is 7.96. The first kappa shape index (κ1) is 16.0. The van der Waals surface area contributed by atoms with Crippen molar-refractivity contribution in [1.29, 1.82) is 5.26 Å². The average Bonchev–Trinajstić information content (AvgIpc) is 2.46. The molecule has 0 saturated heterocycles. The molecule has 2 nitrogen and oxygen atoms in total. The Morgan fingerprint density at radius 2 is 2.00 bits per heavy atom. The number of fused-ring (bicyclic) bond motifs is 1. The summed E-state index contributed by atoms with van der Waals surface area (Å²) in [5.41, 5.74) is 1.58. The van der Waals surface area contributed by atoms with E-state index in [1.165, 1.54) is 5.56 Å². The van der Waals surface area contributed by atoms with Crippen LogP contribution >= 0.6 is 11.6 Å². The number of rotatable bonds is 4. The summed E-state index contributed by atoms with van der Waals surface area (Å²) < 4.78 is 6.20. The van der Waals surface area contributed by atoms with Crippen molar-refractivity contribution in [2.24, 2.45) is 0 Å². The number of aryl methyl sites for hydroxylation is 1. The van der Waals surface area contributed by atoms with E-state index in [0.717, 1.165) is 16.3 Å². The van der Waals surface area contributed by atoms with Crippen LogP contribution in [0.5, 0.6) is 0 Å². The predicted molar refractivity (Wildman–Crippen MR) is 90.9 cm³/mol. The Kier molecular flexibility index (Phi) is 4.43. The molecule has 4 heteroatoms. The van der Waals surface area contributed by atoms with Crippen molar-refractivity contribution in [3.8, 4) is 6.07 Å². The number of hydrogen-bond acceptors (Lipinski definition) is 2. The fourth-order valence-electron chi connectivity index (χ4n) is 2.52. The molecule has 21 heavy (non-hydrogen) atoms. The molecule has 0 heterocycles. The highest BCUT2D eigenvalue weighted by Crippen LogP contribution is 2.34. The van der Waals surface area contributed by atoms with Crippen molar-refractivity contribution >= 4 is 30.7 Å². The highest BCUT2D eigenvalue weighted by molar-refractivity contribution is 6.77. The smallest absolute Gasteiger partial charge is 0.203 e. The van der Waals surface area contributed by atoms with Gasteiger partial charge in [-0.3, -0.25) is 0 Å². The SMILES string of the molecule is Cc1ccc2cccc(C(C)(C#N)O[Si](C)(C)CCl)c2c1. The normalized spacial score (nSPS) is 14.7. The maximum absolute atomic E-state index is 9.73. The molecule has 0 amide bonds. The Morgan fingerprint density at radius 3 is 2.62 bits per heavy atom. The third-order valence-electron chi connectivity index (χ3n) is 3.57. The molecular weight excluding hydrogens is 298 g/mol. The van der Waals surface area contributed by atoms with E-state index in [-0.39, 0.29) is 0 Å². The fourth-order valence-corrected chi connectivity index (χ4v) is 4.00. The maximum atomic E-state index is 9.73. The molecule has 2 rings (SSSR count). The second-order valence-corrected chi connectivity index (χ2v) is 11.0. The van der Waals surface area contributed by atoms with Gasteiger partial charge in [0.05, 0.1) is 0 Å². The monoisotopic (exact) mass is 317 g/mol. The van der Waals surface area contributed by atoms with Gasteiger partial charge in [-0.2, -0.15) is 5.26 Å². The van der Waals surface area contributed by atoms with Gasteiger partial charge in [0.25, 0.3) is 0 Å². The van der Waals surface area contributed by atoms with Gasteiger partial charge in [-0.05, 0) is 37.7 Å². The van der Waals surface area contributed by atoms with Gasteiger partial charge in [-0.25, -0.2) is 0 Å². The van der Waals surface area contributed by atoms with E-state index in [2.05, 4.69) is 37.3 Å². The summed E-state index contributed by atoms with van der Waals surface area (Å²) in [6.07, 6.45) is 0. The molecule has 0 aliphatic rings. The lowest BCUT2D eigenvalue weighted by molar-refractivity contribution is 0.142. The molecule has 1 unspecified atom stereocenters. The third-order valence-corrected chi connectivity index (χ3v) is 7.10. The second kappa shape index (κ2) is 5.80. The predicted octanol–water partition coefficient (Wildman–Crippen LogP) is 4.89. The number of alkyl halides is 1. The van der Waals surface area contributed by atoms with E-state index in [1.807, 2.05) is 32.2 Å². The van der Waals surface area contributed by atoms with Crippen LogP contribution in [0.4, 0.5) is 0 Å². The van der Waals surface area contributed by atoms with E-state index in [9.17, 15) is 5.26 Å². The molecule has 0 aliphatic carbocycles.